The van der Waals surface area contributed by atoms with Crippen molar-refractivity contribution in [3.05, 3.63) is 78.1 Å². The molecule has 0 unspecified atom stereocenters. The third-order valence-corrected chi connectivity index (χ3v) is 8.20. The van der Waals surface area contributed by atoms with Gasteiger partial charge in [0, 0.05) is 50.8 Å². The van der Waals surface area contributed by atoms with Crippen LogP contribution >= 0.6 is 0 Å². The molecule has 1 aliphatic rings. The molecule has 3 amide bonds. The number of nitrogen functional groups attached to an aromatic ring is 1. The van der Waals surface area contributed by atoms with E-state index in [2.05, 4.69) is 20.5 Å². The summed E-state index contributed by atoms with van der Waals surface area (Å²) in [6.07, 6.45) is 5.75. The number of carbonyl (C=O) groups is 3. The van der Waals surface area contributed by atoms with Gasteiger partial charge in [0.15, 0.2) is 5.75 Å². The van der Waals surface area contributed by atoms with E-state index in [0.717, 1.165) is 5.56 Å². The van der Waals surface area contributed by atoms with Crippen LogP contribution in [0.3, 0.4) is 0 Å². The summed E-state index contributed by atoms with van der Waals surface area (Å²) >= 11 is 0. The van der Waals surface area contributed by atoms with E-state index in [0.29, 0.717) is 73.7 Å². The van der Waals surface area contributed by atoms with Crippen molar-refractivity contribution < 1.29 is 24.2 Å². The fourth-order valence-corrected chi connectivity index (χ4v) is 5.52. The first-order valence-corrected chi connectivity index (χ1v) is 15.9. The van der Waals surface area contributed by atoms with Crippen LogP contribution < -0.4 is 21.1 Å². The molecule has 2 aromatic carbocycles. The number of carbonyl (C=O) groups excluding carboxylic acids is 3. The molecule has 0 saturated heterocycles. The molecule has 0 aliphatic carbocycles. The van der Waals surface area contributed by atoms with Gasteiger partial charge in [0.1, 0.15) is 6.10 Å². The summed E-state index contributed by atoms with van der Waals surface area (Å²) < 4.78 is 6.62. The van der Waals surface area contributed by atoms with Gasteiger partial charge < -0.3 is 31.1 Å². The maximum atomic E-state index is 13.7. The highest BCUT2D eigenvalue weighted by molar-refractivity contribution is 6.01. The van der Waals surface area contributed by atoms with E-state index in [1.165, 1.54) is 0 Å². The van der Waals surface area contributed by atoms with E-state index in [4.69, 9.17) is 10.5 Å². The highest BCUT2D eigenvalue weighted by atomic mass is 16.5. The fraction of sp³-hybridized carbons (Fsp3) is 0.429. The molecule has 246 valence electrons. The third kappa shape index (κ3) is 9.51. The lowest BCUT2D eigenvalue weighted by molar-refractivity contribution is -0.116. The summed E-state index contributed by atoms with van der Waals surface area (Å²) in [7, 11) is 2.02. The van der Waals surface area contributed by atoms with Crippen LogP contribution in [0, 0.1) is 5.92 Å². The molecule has 11 nitrogen and oxygen atoms in total. The van der Waals surface area contributed by atoms with E-state index in [-0.39, 0.29) is 48.8 Å². The summed E-state index contributed by atoms with van der Waals surface area (Å²) in [6.45, 7) is 5.38. The summed E-state index contributed by atoms with van der Waals surface area (Å²) in [6, 6.07) is 15.8. The van der Waals surface area contributed by atoms with Crippen molar-refractivity contribution >= 4 is 34.8 Å². The number of amides is 3. The van der Waals surface area contributed by atoms with Gasteiger partial charge in [0.05, 0.1) is 35.3 Å². The number of unbranched alkanes of at least 4 members (excludes halogenated alkanes) is 2. The van der Waals surface area contributed by atoms with Gasteiger partial charge in [-0.1, -0.05) is 31.5 Å². The molecule has 2 heterocycles. The quantitative estimate of drug-likeness (QED) is 0.150. The second-order valence-corrected chi connectivity index (χ2v) is 12.1. The average Bonchev–Trinajstić information content (AvgIpc) is 3.04. The highest BCUT2D eigenvalue weighted by Gasteiger charge is 2.34. The van der Waals surface area contributed by atoms with E-state index < -0.39 is 0 Å². The summed E-state index contributed by atoms with van der Waals surface area (Å²) in [5, 5.41) is 15.7. The van der Waals surface area contributed by atoms with Crippen molar-refractivity contribution in [3.8, 4) is 5.75 Å². The van der Waals surface area contributed by atoms with E-state index in [1.54, 1.807) is 47.6 Å². The summed E-state index contributed by atoms with van der Waals surface area (Å²) in [4.78, 5) is 47.0. The van der Waals surface area contributed by atoms with Gasteiger partial charge in [0.2, 0.25) is 11.8 Å². The van der Waals surface area contributed by atoms with E-state index in [1.807, 2.05) is 45.2 Å². The number of para-hydroxylation sites is 3. The zero-order chi connectivity index (χ0) is 33.1. The van der Waals surface area contributed by atoms with Crippen molar-refractivity contribution in [2.45, 2.75) is 64.6 Å². The van der Waals surface area contributed by atoms with Crippen LogP contribution in [0.25, 0.3) is 0 Å². The molecular weight excluding hydrogens is 584 g/mol. The largest absolute Gasteiger partial charge is 0.486 e. The molecule has 0 fully saturated rings. The Balaban J connectivity index is 1.41. The maximum absolute atomic E-state index is 13.7. The average molecular weight is 631 g/mol. The molecule has 3 atom stereocenters. The number of nitrogens with one attached hydrogen (secondary N) is 2. The van der Waals surface area contributed by atoms with E-state index in [9.17, 15) is 19.5 Å². The van der Waals surface area contributed by atoms with Gasteiger partial charge in [-0.15, -0.1) is 0 Å². The Morgan fingerprint density at radius 3 is 2.35 bits per heavy atom. The molecular formula is C35H46N6O5. The number of rotatable bonds is 14. The third-order valence-electron chi connectivity index (χ3n) is 8.20. The molecule has 4 rings (SSSR count). The van der Waals surface area contributed by atoms with Gasteiger partial charge in [-0.25, -0.2) is 0 Å². The van der Waals surface area contributed by atoms with Gasteiger partial charge in [0.25, 0.3) is 5.91 Å². The van der Waals surface area contributed by atoms with Crippen LogP contribution in [0.1, 0.15) is 61.9 Å². The molecule has 1 aliphatic heterocycles. The number of anilines is 3. The predicted octanol–water partition coefficient (Wildman–Crippen LogP) is 4.54. The number of aliphatic hydroxyl groups excluding tert-OH is 1. The second-order valence-electron chi connectivity index (χ2n) is 12.1. The lowest BCUT2D eigenvalue weighted by atomic mass is 9.98. The fourth-order valence-electron chi connectivity index (χ4n) is 5.52. The number of aliphatic hydroxyl groups is 1. The first-order chi connectivity index (χ1) is 22.2. The molecule has 0 radical (unpaired) electrons. The zero-order valence-corrected chi connectivity index (χ0v) is 26.9. The Morgan fingerprint density at radius 1 is 1.02 bits per heavy atom. The van der Waals surface area contributed by atoms with Crippen LogP contribution in [0.5, 0.6) is 5.75 Å². The Labute approximate surface area is 271 Å². The molecule has 5 N–H and O–H groups in total. The summed E-state index contributed by atoms with van der Waals surface area (Å²) in [5.41, 5.74) is 8.90. The maximum Gasteiger partial charge on any atom is 0.258 e. The van der Waals surface area contributed by atoms with Crippen LogP contribution in [-0.2, 0) is 16.1 Å². The van der Waals surface area contributed by atoms with E-state index >= 15 is 0 Å². The van der Waals surface area contributed by atoms with Crippen LogP contribution in [0.4, 0.5) is 17.1 Å². The number of aromatic nitrogens is 1. The molecule has 0 bridgehead atoms. The minimum atomic E-state index is -0.388. The lowest BCUT2D eigenvalue weighted by Gasteiger charge is -2.38. The highest BCUT2D eigenvalue weighted by Crippen LogP contribution is 2.35. The van der Waals surface area contributed by atoms with Crippen LogP contribution in [0.15, 0.2) is 67.0 Å². The van der Waals surface area contributed by atoms with Crippen molar-refractivity contribution in [1.82, 2.24) is 14.8 Å². The van der Waals surface area contributed by atoms with Crippen molar-refractivity contribution in [1.29, 1.82) is 0 Å². The summed E-state index contributed by atoms with van der Waals surface area (Å²) in [5.74, 6) is -0.301. The molecule has 11 heteroatoms. The minimum Gasteiger partial charge on any atom is -0.486 e. The molecule has 0 saturated carbocycles. The van der Waals surface area contributed by atoms with Crippen molar-refractivity contribution in [3.63, 3.8) is 0 Å². The molecule has 0 spiro atoms. The zero-order valence-electron chi connectivity index (χ0n) is 26.9. The predicted molar refractivity (Wildman–Crippen MR) is 179 cm³/mol. The number of benzene rings is 2. The second kappa shape index (κ2) is 16.7. The monoisotopic (exact) mass is 630 g/mol. The number of nitrogens with zero attached hydrogens (tertiary/aromatic N) is 3. The lowest BCUT2D eigenvalue weighted by Crippen LogP contribution is -2.49. The number of likely N-dealkylation sites (N-methyl/N-ethyl adjacent to an activating group) is 1. The van der Waals surface area contributed by atoms with Crippen LogP contribution in [0.2, 0.25) is 0 Å². The van der Waals surface area contributed by atoms with Crippen molar-refractivity contribution in [2.75, 3.05) is 43.1 Å². The Kier molecular flexibility index (Phi) is 12.5. The Bertz CT molecular complexity index is 1470. The Morgan fingerprint density at radius 2 is 1.67 bits per heavy atom. The number of hydrogen-bond acceptors (Lipinski definition) is 8. The number of fused-ring (bicyclic) bond motifs is 1. The van der Waals surface area contributed by atoms with Crippen LogP contribution in [-0.4, -0.2) is 76.5 Å². The minimum absolute atomic E-state index is 0.0646. The van der Waals surface area contributed by atoms with Gasteiger partial charge >= 0.3 is 0 Å². The number of hydrogen-bond donors (Lipinski definition) is 4. The van der Waals surface area contributed by atoms with Crippen molar-refractivity contribution in [2.24, 2.45) is 5.92 Å². The van der Waals surface area contributed by atoms with Gasteiger partial charge in [-0.3, -0.25) is 24.3 Å². The number of pyridine rings is 1. The molecule has 46 heavy (non-hydrogen) atoms. The first kappa shape index (κ1) is 34.4. The standard InChI is InChI=1S/C35H46N6O5/c1-24-20-41(25(2)23-42)35(45)27-10-9-13-30(34(27)46-31(24)22-40(3)21-26-16-18-37-19-17-26)39-33(44)15-6-4-5-14-32(43)38-29-12-8-7-11-28(29)36/h7-13,16-19,24-25,31,42H,4-6,14-15,20-23,36H2,1-3H3,(H,38,43)(H,39,44)/t24-,25-,31-/m0/s1. The molecule has 1 aromatic heterocycles. The first-order valence-electron chi connectivity index (χ1n) is 15.9. The van der Waals surface area contributed by atoms with Gasteiger partial charge in [-0.05, 0) is 68.8 Å². The SMILES string of the molecule is C[C@H]1CN([C@@H](C)CO)C(=O)c2cccc(NC(=O)CCCCCC(=O)Nc3ccccc3N)c2O[C@H]1CN(C)Cc1ccncc1. The normalized spacial score (nSPS) is 17.0. The molecule has 3 aromatic rings. The smallest absolute Gasteiger partial charge is 0.258 e. The van der Waals surface area contributed by atoms with Gasteiger partial charge in [-0.2, -0.15) is 0 Å². The number of nitrogens with two attached hydrogens (primary N) is 1. The number of ether oxygens (including phenoxy) is 1. The Hall–Kier alpha value is -4.48. The topological polar surface area (TPSA) is 150 Å².